The van der Waals surface area contributed by atoms with Crippen LogP contribution in [-0.4, -0.2) is 34.9 Å². The second kappa shape index (κ2) is 22.3. The van der Waals surface area contributed by atoms with E-state index >= 15 is 0 Å². The molecule has 8 heterocycles. The molecule has 23 rings (SSSR count). The molecule has 1 atom stereocenters. The zero-order chi connectivity index (χ0) is 69.8. The second-order valence-electron chi connectivity index (χ2n) is 30.6. The lowest BCUT2D eigenvalue weighted by Crippen LogP contribution is -2.79. The van der Waals surface area contributed by atoms with Crippen LogP contribution in [0.2, 0.25) is 6.55 Å². The molecule has 6 nitrogen and oxygen atoms in total. The quantitative estimate of drug-likeness (QED) is 0.148. The van der Waals surface area contributed by atoms with Crippen LogP contribution in [0, 0.1) is 0 Å². The second-order valence-corrected chi connectivity index (χ2v) is 34.7. The average Bonchev–Trinajstić information content (AvgIpc) is 0.704. The minimum absolute atomic E-state index is 0.0103. The number of rotatable bonds is 7. The fourth-order valence-corrected chi connectivity index (χ4v) is 24.7. The van der Waals surface area contributed by atoms with E-state index in [-0.39, 0.29) is 32.3 Å². The summed E-state index contributed by atoms with van der Waals surface area (Å²) in [6.07, 6.45) is 0. The Morgan fingerprint density at radius 1 is 0.292 bits per heavy atom. The molecule has 8 aliphatic rings. The maximum atomic E-state index is 7.66. The number of hydrogen-bond donors (Lipinski definition) is 0. The first-order valence-corrected chi connectivity index (χ1v) is 40.0. The summed E-state index contributed by atoms with van der Waals surface area (Å²) in [5.41, 5.74) is 33.9. The molecule has 0 N–H and O–H groups in total. The van der Waals surface area contributed by atoms with Gasteiger partial charge in [-0.15, -0.1) is 0 Å². The Bertz CT molecular complexity index is 6300. The molecule has 0 spiro atoms. The maximum Gasteiger partial charge on any atom is 0.256 e. The number of anilines is 9. The Morgan fingerprint density at radius 2 is 0.745 bits per heavy atom. The molecule has 0 radical (unpaired) electrons. The normalized spacial score (nSPS) is 15.9. The lowest BCUT2D eigenvalue weighted by Gasteiger charge is -2.45. The van der Waals surface area contributed by atoms with Crippen molar-refractivity contribution >= 4 is 162 Å². The fourth-order valence-electron chi connectivity index (χ4n) is 20.4. The molecule has 0 amide bonds. The Balaban J connectivity index is 0.689. The van der Waals surface area contributed by atoms with Crippen LogP contribution in [0.3, 0.4) is 0 Å². The van der Waals surface area contributed by atoms with E-state index in [0.29, 0.717) is 0 Å². The molecule has 0 aromatic heterocycles. The van der Waals surface area contributed by atoms with Gasteiger partial charge in [0.1, 0.15) is 42.6 Å². The zero-order valence-corrected chi connectivity index (χ0v) is 59.8. The van der Waals surface area contributed by atoms with Crippen molar-refractivity contribution in [3.63, 3.8) is 0 Å². The predicted molar refractivity (Wildman–Crippen MR) is 446 cm³/mol. The van der Waals surface area contributed by atoms with Crippen molar-refractivity contribution in [1.82, 2.24) is 0 Å². The third kappa shape index (κ3) is 8.32. The molecule has 1 unspecified atom stereocenters. The summed E-state index contributed by atoms with van der Waals surface area (Å²) < 4.78 is 21.4. The average molecular weight is 1370 g/mol. The van der Waals surface area contributed by atoms with Gasteiger partial charge in [-0.1, -0.05) is 266 Å². The third-order valence-electron chi connectivity index (χ3n) is 24.8. The van der Waals surface area contributed by atoms with Crippen molar-refractivity contribution in [2.75, 3.05) is 14.7 Å². The van der Waals surface area contributed by atoms with Crippen LogP contribution in [0.25, 0.3) is 22.3 Å². The minimum Gasteiger partial charge on any atom is -0.458 e. The number of benzene rings is 15. The molecule has 0 fully saturated rings. The zero-order valence-electron chi connectivity index (χ0n) is 58.8. The van der Waals surface area contributed by atoms with Crippen LogP contribution in [0.5, 0.6) is 34.5 Å². The molecular weight excluding hydrogens is 1300 g/mol. The standard InChI is InChI=1S/C95H65B4N3O3Si/c1-95(2)67-50-46-60(56-75(67)98-72-35-16-21-40-81(72)103-83-42-23-31-68(95)89(83)98)61-47-54-87-76(57-61)99-73-36-17-22-41-82(73)104-84-43-24-44-88(91(84)99)106(87,3)58-59-45-51-74-86(55-59)105-85-53-49-66(94-92(85)97(74)71-34-15-20-39-79(71)102(94)64-29-11-6-12-30-64)65-48-52-80-90-93(65)101(63-27-9-5-10-28-63)78-38-19-14-33-70(78)96(90)69-32-13-18-37-77(69)100(80)62-25-7-4-8-26-62/h4-57H,58H2,1-3H3. The number of nitrogens with zero attached hydrogens (tertiary/aromatic N) is 3. The Kier molecular flexibility index (Phi) is 12.6. The molecule has 106 heavy (non-hydrogen) atoms. The van der Waals surface area contributed by atoms with Gasteiger partial charge in [-0.25, -0.2) is 0 Å². The molecule has 494 valence electrons. The molecule has 0 aliphatic carbocycles. The Morgan fingerprint density at radius 3 is 1.38 bits per heavy atom. The largest absolute Gasteiger partial charge is 0.458 e. The molecule has 15 aromatic carbocycles. The number of hydrogen-bond acceptors (Lipinski definition) is 6. The molecule has 8 aliphatic heterocycles. The highest BCUT2D eigenvalue weighted by atomic mass is 28.3. The highest BCUT2D eigenvalue weighted by Gasteiger charge is 2.52. The third-order valence-corrected chi connectivity index (χ3v) is 29.2. The summed E-state index contributed by atoms with van der Waals surface area (Å²) in [6.45, 7) is 7.21. The highest BCUT2D eigenvalue weighted by molar-refractivity contribution is 7.15. The summed E-state index contributed by atoms with van der Waals surface area (Å²) in [6, 6.07) is 124. The topological polar surface area (TPSA) is 37.4 Å². The van der Waals surface area contributed by atoms with E-state index in [1.165, 1.54) is 116 Å². The first-order chi connectivity index (χ1) is 52.2. The van der Waals surface area contributed by atoms with Crippen molar-refractivity contribution in [3.8, 4) is 56.8 Å². The smallest absolute Gasteiger partial charge is 0.256 e. The maximum absolute atomic E-state index is 7.66. The lowest BCUT2D eigenvalue weighted by atomic mass is 9.30. The van der Waals surface area contributed by atoms with Gasteiger partial charge in [0.15, 0.2) is 0 Å². The first kappa shape index (κ1) is 60.0. The van der Waals surface area contributed by atoms with Crippen molar-refractivity contribution in [3.05, 3.63) is 344 Å². The van der Waals surface area contributed by atoms with Crippen molar-refractivity contribution in [2.24, 2.45) is 0 Å². The summed E-state index contributed by atoms with van der Waals surface area (Å²) >= 11 is 0. The van der Waals surface area contributed by atoms with Crippen molar-refractivity contribution in [1.29, 1.82) is 0 Å². The number of para-hydroxylation sites is 8. The van der Waals surface area contributed by atoms with Crippen LogP contribution in [0.4, 0.5) is 51.2 Å². The van der Waals surface area contributed by atoms with Crippen LogP contribution < -0.4 is 105 Å². The lowest BCUT2D eigenvalue weighted by molar-refractivity contribution is 0.484. The Hall–Kier alpha value is -12.4. The van der Waals surface area contributed by atoms with E-state index in [0.717, 1.165) is 91.0 Å². The molecule has 0 saturated heterocycles. The van der Waals surface area contributed by atoms with Gasteiger partial charge in [0, 0.05) is 56.4 Å². The van der Waals surface area contributed by atoms with E-state index in [1.807, 2.05) is 0 Å². The van der Waals surface area contributed by atoms with Gasteiger partial charge in [-0.2, -0.15) is 0 Å². The SMILES string of the molecule is CC1(C)c2ccc(-c3ccc4c(c3)B3c5ccccc5Oc5cccc(c53)[Si]4(C)Cc3ccc4c(c3)Oc3ccc(-c5ccc6c7c5N(c5ccccc5)c5ccccc5B7c5ccccc5N6c5ccccc5)c5c3B4c3ccccc3N5c3ccccc3)cc2B2c3ccccc3Oc3cccc1c32. The van der Waals surface area contributed by atoms with E-state index < -0.39 is 8.07 Å². The predicted octanol–water partition coefficient (Wildman–Crippen LogP) is 13.7. The van der Waals surface area contributed by atoms with Crippen LogP contribution >= 0.6 is 0 Å². The van der Waals surface area contributed by atoms with E-state index in [1.54, 1.807) is 0 Å². The highest BCUT2D eigenvalue weighted by Crippen LogP contribution is 2.53. The van der Waals surface area contributed by atoms with Gasteiger partial charge >= 0.3 is 0 Å². The number of fused-ring (bicyclic) bond motifs is 16. The van der Waals surface area contributed by atoms with Crippen LogP contribution in [-0.2, 0) is 11.5 Å². The molecule has 15 aromatic rings. The monoisotopic (exact) mass is 1370 g/mol. The van der Waals surface area contributed by atoms with Gasteiger partial charge in [0.05, 0.1) is 11.4 Å². The summed E-state index contributed by atoms with van der Waals surface area (Å²) in [7, 11) is -2.72. The summed E-state index contributed by atoms with van der Waals surface area (Å²) in [5, 5.41) is 2.89. The van der Waals surface area contributed by atoms with Gasteiger partial charge in [-0.05, 0) is 192 Å². The van der Waals surface area contributed by atoms with Crippen molar-refractivity contribution in [2.45, 2.75) is 31.9 Å². The van der Waals surface area contributed by atoms with Gasteiger partial charge in [0.25, 0.3) is 26.9 Å². The van der Waals surface area contributed by atoms with Gasteiger partial charge in [0.2, 0.25) is 0 Å². The van der Waals surface area contributed by atoms with E-state index in [9.17, 15) is 0 Å². The molecular formula is C95H65B4N3O3Si. The molecule has 0 saturated carbocycles. The fraction of sp³-hybridized carbons (Fsp3) is 0.0526. The first-order valence-electron chi connectivity index (χ1n) is 37.3. The minimum atomic E-state index is -2.72. The molecule has 0 bridgehead atoms. The number of ether oxygens (including phenoxy) is 3. The van der Waals surface area contributed by atoms with Crippen molar-refractivity contribution < 1.29 is 14.2 Å². The van der Waals surface area contributed by atoms with E-state index in [2.05, 4.69) is 363 Å². The van der Waals surface area contributed by atoms with Gasteiger partial charge < -0.3 is 28.9 Å². The Labute approximate surface area is 619 Å². The van der Waals surface area contributed by atoms with Crippen LogP contribution in [0.15, 0.2) is 328 Å². The van der Waals surface area contributed by atoms with Gasteiger partial charge in [-0.3, -0.25) is 0 Å². The van der Waals surface area contributed by atoms with E-state index in [4.69, 9.17) is 14.2 Å². The molecule has 11 heteroatoms. The summed E-state index contributed by atoms with van der Waals surface area (Å²) in [4.78, 5) is 7.57. The van der Waals surface area contributed by atoms with Crippen LogP contribution in [0.1, 0.15) is 30.5 Å². The summed E-state index contributed by atoms with van der Waals surface area (Å²) in [5.74, 6) is 5.54.